The van der Waals surface area contributed by atoms with Crippen LogP contribution in [0, 0.1) is 0 Å². The molecular weight excluding hydrogens is 286 g/mol. The number of ether oxygens (including phenoxy) is 1. The number of hydrogen-bond donors (Lipinski definition) is 3. The molecule has 1 rings (SSSR count). The van der Waals surface area contributed by atoms with Gasteiger partial charge in [-0.15, -0.1) is 0 Å². The second-order valence-electron chi connectivity index (χ2n) is 3.79. The third kappa shape index (κ3) is 5.97. The first-order chi connectivity index (χ1) is 8.93. The molecule has 0 aliphatic carbocycles. The van der Waals surface area contributed by atoms with Crippen molar-refractivity contribution in [3.05, 3.63) is 29.8 Å². The van der Waals surface area contributed by atoms with E-state index in [4.69, 9.17) is 22.1 Å². The smallest absolute Gasteiger partial charge is 0.238 e. The van der Waals surface area contributed by atoms with Crippen LogP contribution in [0.2, 0.25) is 0 Å². The molecule has 0 heterocycles. The molecule has 1 aromatic rings. The molecule has 0 bridgehead atoms. The number of sulfonamides is 1. The van der Waals surface area contributed by atoms with E-state index < -0.39 is 10.0 Å². The Morgan fingerprint density at radius 1 is 1.32 bits per heavy atom. The molecule has 4 N–H and O–H groups in total. The highest BCUT2D eigenvalue weighted by molar-refractivity contribution is 7.89. The fraction of sp³-hybridized carbons (Fsp3) is 0.364. The number of primary sulfonamides is 1. The average molecular weight is 303 g/mol. The fourth-order valence-corrected chi connectivity index (χ4v) is 2.00. The van der Waals surface area contributed by atoms with Crippen molar-refractivity contribution < 1.29 is 13.2 Å². The minimum Gasteiger partial charge on any atom is -0.383 e. The summed E-state index contributed by atoms with van der Waals surface area (Å²) in [5.74, 6) is 0. The van der Waals surface area contributed by atoms with E-state index >= 15 is 0 Å². The van der Waals surface area contributed by atoms with Crippen molar-refractivity contribution in [1.82, 2.24) is 10.6 Å². The first kappa shape index (κ1) is 15.8. The molecular formula is C11H17N3O3S2. The lowest BCUT2D eigenvalue weighted by molar-refractivity contribution is 0.204. The second-order valence-corrected chi connectivity index (χ2v) is 5.76. The summed E-state index contributed by atoms with van der Waals surface area (Å²) in [6, 6.07) is 6.30. The Hall–Kier alpha value is -1.22. The van der Waals surface area contributed by atoms with Crippen LogP contribution in [0.1, 0.15) is 5.56 Å². The molecule has 0 aliphatic rings. The maximum atomic E-state index is 11.1. The molecule has 0 unspecified atom stereocenters. The highest BCUT2D eigenvalue weighted by Gasteiger charge is 2.06. The maximum absolute atomic E-state index is 11.1. The van der Waals surface area contributed by atoms with Crippen molar-refractivity contribution in [3.8, 4) is 0 Å². The van der Waals surface area contributed by atoms with Crippen LogP contribution in [0.5, 0.6) is 0 Å². The molecule has 106 valence electrons. The number of nitrogens with two attached hydrogens (primary N) is 1. The molecule has 0 saturated carbocycles. The topological polar surface area (TPSA) is 93.4 Å². The first-order valence-electron chi connectivity index (χ1n) is 5.56. The van der Waals surface area contributed by atoms with Gasteiger partial charge in [0.05, 0.1) is 11.5 Å². The van der Waals surface area contributed by atoms with Crippen LogP contribution in [0.25, 0.3) is 0 Å². The molecule has 8 heteroatoms. The summed E-state index contributed by atoms with van der Waals surface area (Å²) < 4.78 is 27.0. The lowest BCUT2D eigenvalue weighted by Crippen LogP contribution is -2.36. The van der Waals surface area contributed by atoms with Crippen molar-refractivity contribution >= 4 is 27.4 Å². The van der Waals surface area contributed by atoms with Gasteiger partial charge in [-0.05, 0) is 29.9 Å². The molecule has 0 amide bonds. The van der Waals surface area contributed by atoms with Gasteiger partial charge in [-0.25, -0.2) is 13.6 Å². The van der Waals surface area contributed by atoms with Crippen LogP contribution in [-0.2, 0) is 21.3 Å². The quantitative estimate of drug-likeness (QED) is 0.504. The summed E-state index contributed by atoms with van der Waals surface area (Å²) in [6.45, 7) is 1.71. The van der Waals surface area contributed by atoms with Gasteiger partial charge in [0.1, 0.15) is 0 Å². The lowest BCUT2D eigenvalue weighted by Gasteiger charge is -2.10. The number of methoxy groups -OCH3 is 1. The Morgan fingerprint density at radius 2 is 1.95 bits per heavy atom. The molecule has 0 aliphatic heterocycles. The first-order valence-corrected chi connectivity index (χ1v) is 7.51. The Morgan fingerprint density at radius 3 is 2.47 bits per heavy atom. The van der Waals surface area contributed by atoms with E-state index in [9.17, 15) is 8.42 Å². The number of hydrogen-bond acceptors (Lipinski definition) is 4. The molecule has 6 nitrogen and oxygen atoms in total. The highest BCUT2D eigenvalue weighted by atomic mass is 32.2. The van der Waals surface area contributed by atoms with Gasteiger partial charge in [0.15, 0.2) is 5.11 Å². The molecule has 1 aromatic carbocycles. The number of benzene rings is 1. The highest BCUT2D eigenvalue weighted by Crippen LogP contribution is 2.08. The number of thiocarbonyl (C=S) groups is 1. The summed E-state index contributed by atoms with van der Waals surface area (Å²) in [7, 11) is -2.02. The third-order valence-electron chi connectivity index (χ3n) is 2.30. The van der Waals surface area contributed by atoms with E-state index in [1.54, 1.807) is 19.2 Å². The molecule has 0 atom stereocenters. The predicted octanol–water partition coefficient (Wildman–Crippen LogP) is -0.0555. The van der Waals surface area contributed by atoms with Crippen LogP contribution >= 0.6 is 12.2 Å². The van der Waals surface area contributed by atoms with Crippen molar-refractivity contribution in [2.24, 2.45) is 5.14 Å². The van der Waals surface area contributed by atoms with Crippen LogP contribution in [0.3, 0.4) is 0 Å². The predicted molar refractivity (Wildman–Crippen MR) is 77.1 cm³/mol. The summed E-state index contributed by atoms with van der Waals surface area (Å²) in [6.07, 6.45) is 0. The van der Waals surface area contributed by atoms with Crippen molar-refractivity contribution in [2.75, 3.05) is 20.3 Å². The van der Waals surface area contributed by atoms with Crippen LogP contribution in [-0.4, -0.2) is 33.8 Å². The molecule has 0 aromatic heterocycles. The summed E-state index contributed by atoms with van der Waals surface area (Å²) in [5, 5.41) is 11.5. The van der Waals surface area contributed by atoms with Gasteiger partial charge in [-0.2, -0.15) is 0 Å². The molecule has 19 heavy (non-hydrogen) atoms. The second kappa shape index (κ2) is 7.39. The number of rotatable bonds is 6. The van der Waals surface area contributed by atoms with Crippen LogP contribution in [0.15, 0.2) is 29.2 Å². The Bertz CT molecular complexity index is 514. The standard InChI is InChI=1S/C11H17N3O3S2/c1-17-7-6-13-11(18)14-8-9-2-4-10(5-3-9)19(12,15)16/h2-5H,6-8H2,1H3,(H2,12,15,16)(H2,13,14,18). The van der Waals surface area contributed by atoms with E-state index in [2.05, 4.69) is 10.6 Å². The van der Waals surface area contributed by atoms with Crippen molar-refractivity contribution in [3.63, 3.8) is 0 Å². The molecule has 0 radical (unpaired) electrons. The van der Waals surface area contributed by atoms with Gasteiger partial charge < -0.3 is 15.4 Å². The fourth-order valence-electron chi connectivity index (χ4n) is 1.31. The summed E-state index contributed by atoms with van der Waals surface area (Å²) in [4.78, 5) is 0.0945. The van der Waals surface area contributed by atoms with Crippen molar-refractivity contribution in [1.29, 1.82) is 0 Å². The van der Waals surface area contributed by atoms with E-state index in [1.165, 1.54) is 12.1 Å². The zero-order chi connectivity index (χ0) is 14.3. The number of nitrogens with one attached hydrogen (secondary N) is 2. The van der Waals surface area contributed by atoms with Gasteiger partial charge >= 0.3 is 0 Å². The van der Waals surface area contributed by atoms with Gasteiger partial charge in [-0.1, -0.05) is 12.1 Å². The molecule has 0 fully saturated rings. The summed E-state index contributed by atoms with van der Waals surface area (Å²) >= 11 is 5.06. The summed E-state index contributed by atoms with van der Waals surface area (Å²) in [5.41, 5.74) is 0.906. The largest absolute Gasteiger partial charge is 0.383 e. The van der Waals surface area contributed by atoms with E-state index in [1.807, 2.05) is 0 Å². The molecule has 0 saturated heterocycles. The third-order valence-corrected chi connectivity index (χ3v) is 3.51. The van der Waals surface area contributed by atoms with E-state index in [0.717, 1.165) is 5.56 Å². The Balaban J connectivity index is 2.44. The Kier molecular flexibility index (Phi) is 6.16. The van der Waals surface area contributed by atoms with Gasteiger partial charge in [0, 0.05) is 20.2 Å². The normalized spacial score (nSPS) is 11.1. The van der Waals surface area contributed by atoms with Gasteiger partial charge in [0.25, 0.3) is 0 Å². The van der Waals surface area contributed by atoms with Crippen LogP contribution < -0.4 is 15.8 Å². The van der Waals surface area contributed by atoms with E-state index in [0.29, 0.717) is 24.8 Å². The Labute approximate surface area is 118 Å². The van der Waals surface area contributed by atoms with Gasteiger partial charge in [0.2, 0.25) is 10.0 Å². The SMILES string of the molecule is COCCNC(=S)NCc1ccc(S(N)(=O)=O)cc1. The monoisotopic (exact) mass is 303 g/mol. The minimum absolute atomic E-state index is 0.0945. The average Bonchev–Trinajstić information content (AvgIpc) is 2.36. The van der Waals surface area contributed by atoms with Gasteiger partial charge in [-0.3, -0.25) is 0 Å². The minimum atomic E-state index is -3.64. The zero-order valence-corrected chi connectivity index (χ0v) is 12.2. The zero-order valence-electron chi connectivity index (χ0n) is 10.5. The molecule has 0 spiro atoms. The van der Waals surface area contributed by atoms with Crippen molar-refractivity contribution in [2.45, 2.75) is 11.4 Å². The maximum Gasteiger partial charge on any atom is 0.238 e. The van der Waals surface area contributed by atoms with Crippen LogP contribution in [0.4, 0.5) is 0 Å². The van der Waals surface area contributed by atoms with E-state index in [-0.39, 0.29) is 4.90 Å². The lowest BCUT2D eigenvalue weighted by atomic mass is 10.2.